The highest BCUT2D eigenvalue weighted by atomic mass is 16.5. The van der Waals surface area contributed by atoms with E-state index in [0.717, 1.165) is 19.3 Å². The van der Waals surface area contributed by atoms with E-state index in [1.807, 2.05) is 0 Å². The molecule has 0 unspecified atom stereocenters. The molecule has 1 rings (SSSR count). The second kappa shape index (κ2) is 5.16. The fourth-order valence-electron chi connectivity index (χ4n) is 2.35. The number of hydrogen-bond acceptors (Lipinski definition) is 3. The first-order valence-corrected chi connectivity index (χ1v) is 5.71. The number of carbonyl (C=O) groups excluding carboxylic acids is 1. The molecule has 0 radical (unpaired) electrons. The largest absolute Gasteiger partial charge is 0.466 e. The number of ether oxygens (including phenoxy) is 1. The average Bonchev–Trinajstić information content (AvgIpc) is 2.22. The summed E-state index contributed by atoms with van der Waals surface area (Å²) in [6, 6.07) is 2.36. The molecule has 15 heavy (non-hydrogen) atoms. The van der Waals surface area contributed by atoms with Crippen molar-refractivity contribution in [1.82, 2.24) is 0 Å². The van der Waals surface area contributed by atoms with E-state index in [0.29, 0.717) is 12.5 Å². The molecule has 1 saturated carbocycles. The zero-order chi connectivity index (χ0) is 11.3. The molecule has 1 aliphatic rings. The molecule has 2 atom stereocenters. The van der Waals surface area contributed by atoms with Gasteiger partial charge in [0.2, 0.25) is 0 Å². The van der Waals surface area contributed by atoms with Crippen LogP contribution in [0.5, 0.6) is 0 Å². The molecule has 84 valence electrons. The van der Waals surface area contributed by atoms with Gasteiger partial charge in [-0.15, -0.1) is 0 Å². The summed E-state index contributed by atoms with van der Waals surface area (Å²) in [5.74, 6) is 0.0773. The Labute approximate surface area is 91.4 Å². The predicted octanol–water partition coefficient (Wildman–Crippen LogP) is 2.66. The van der Waals surface area contributed by atoms with Gasteiger partial charge in [0.1, 0.15) is 0 Å². The lowest BCUT2D eigenvalue weighted by Gasteiger charge is -2.36. The number of rotatable bonds is 3. The monoisotopic (exact) mass is 209 g/mol. The summed E-state index contributed by atoms with van der Waals surface area (Å²) in [4.78, 5) is 11.4. The molecule has 1 aliphatic carbocycles. The Hall–Kier alpha value is -1.04. The van der Waals surface area contributed by atoms with Crippen molar-refractivity contribution in [2.45, 2.75) is 46.0 Å². The Morgan fingerprint density at radius 1 is 1.60 bits per heavy atom. The first-order chi connectivity index (χ1) is 7.14. The minimum Gasteiger partial charge on any atom is -0.466 e. The van der Waals surface area contributed by atoms with Crippen LogP contribution in [-0.4, -0.2) is 12.6 Å². The van der Waals surface area contributed by atoms with Crippen LogP contribution in [0.4, 0.5) is 0 Å². The molecular weight excluding hydrogens is 190 g/mol. The topological polar surface area (TPSA) is 50.1 Å². The smallest absolute Gasteiger partial charge is 0.307 e. The third-order valence-corrected chi connectivity index (χ3v) is 3.44. The average molecular weight is 209 g/mol. The van der Waals surface area contributed by atoms with Crippen molar-refractivity contribution in [1.29, 1.82) is 5.26 Å². The molecule has 0 bridgehead atoms. The van der Waals surface area contributed by atoms with Gasteiger partial charge in [0.25, 0.3) is 0 Å². The number of nitrogens with zero attached hydrogens (tertiary/aromatic N) is 1. The van der Waals surface area contributed by atoms with E-state index in [4.69, 9.17) is 4.74 Å². The third-order valence-electron chi connectivity index (χ3n) is 3.44. The van der Waals surface area contributed by atoms with Crippen LogP contribution in [0, 0.1) is 22.7 Å². The minimum atomic E-state index is -0.468. The van der Waals surface area contributed by atoms with Crippen molar-refractivity contribution in [3.05, 3.63) is 0 Å². The van der Waals surface area contributed by atoms with Gasteiger partial charge in [0.05, 0.1) is 24.5 Å². The maximum absolute atomic E-state index is 11.4. The maximum Gasteiger partial charge on any atom is 0.307 e. The number of esters is 1. The minimum absolute atomic E-state index is 0.229. The Morgan fingerprint density at radius 2 is 2.33 bits per heavy atom. The van der Waals surface area contributed by atoms with Gasteiger partial charge in [-0.05, 0) is 25.7 Å². The molecule has 0 N–H and O–H groups in total. The quantitative estimate of drug-likeness (QED) is 0.671. The number of carbonyl (C=O) groups is 1. The molecule has 3 heteroatoms. The number of nitriles is 1. The van der Waals surface area contributed by atoms with E-state index in [-0.39, 0.29) is 12.4 Å². The molecule has 0 aromatic heterocycles. The second-order valence-electron chi connectivity index (χ2n) is 4.40. The Morgan fingerprint density at radius 3 is 2.87 bits per heavy atom. The van der Waals surface area contributed by atoms with Crippen LogP contribution in [-0.2, 0) is 9.53 Å². The van der Waals surface area contributed by atoms with Gasteiger partial charge < -0.3 is 4.74 Å². The highest BCUT2D eigenvalue weighted by molar-refractivity contribution is 5.71. The lowest BCUT2D eigenvalue weighted by molar-refractivity contribution is -0.146. The van der Waals surface area contributed by atoms with Crippen molar-refractivity contribution in [2.24, 2.45) is 11.3 Å². The maximum atomic E-state index is 11.4. The first-order valence-electron chi connectivity index (χ1n) is 5.71. The Bertz CT molecular complexity index is 269. The summed E-state index contributed by atoms with van der Waals surface area (Å²) >= 11 is 0. The lowest BCUT2D eigenvalue weighted by atomic mass is 9.66. The van der Waals surface area contributed by atoms with Crippen LogP contribution < -0.4 is 0 Å². The fourth-order valence-corrected chi connectivity index (χ4v) is 2.35. The zero-order valence-electron chi connectivity index (χ0n) is 9.58. The predicted molar refractivity (Wildman–Crippen MR) is 56.9 cm³/mol. The molecule has 0 saturated heterocycles. The second-order valence-corrected chi connectivity index (χ2v) is 4.40. The lowest BCUT2D eigenvalue weighted by Crippen LogP contribution is -2.33. The first kappa shape index (κ1) is 12.0. The van der Waals surface area contributed by atoms with Gasteiger partial charge >= 0.3 is 5.97 Å². The highest BCUT2D eigenvalue weighted by Crippen LogP contribution is 2.43. The molecule has 3 nitrogen and oxygen atoms in total. The SMILES string of the molecule is CCOC(=O)C[C@]1(C#N)CCCC[C@@H]1C. The third kappa shape index (κ3) is 2.71. The fraction of sp³-hybridized carbons (Fsp3) is 0.833. The van der Waals surface area contributed by atoms with Crippen molar-refractivity contribution in [3.63, 3.8) is 0 Å². The summed E-state index contributed by atoms with van der Waals surface area (Å²) in [7, 11) is 0. The van der Waals surface area contributed by atoms with Gasteiger partial charge in [0, 0.05) is 0 Å². The van der Waals surface area contributed by atoms with Crippen LogP contribution >= 0.6 is 0 Å². The Kier molecular flexibility index (Phi) is 4.14. The van der Waals surface area contributed by atoms with Crippen LogP contribution in [0.3, 0.4) is 0 Å². The van der Waals surface area contributed by atoms with Crippen LogP contribution in [0.2, 0.25) is 0 Å². The van der Waals surface area contributed by atoms with Crippen molar-refractivity contribution >= 4 is 5.97 Å². The van der Waals surface area contributed by atoms with Crippen LogP contribution in [0.15, 0.2) is 0 Å². The molecule has 0 spiro atoms. The van der Waals surface area contributed by atoms with Gasteiger partial charge in [-0.25, -0.2) is 0 Å². The van der Waals surface area contributed by atoms with E-state index in [9.17, 15) is 10.1 Å². The van der Waals surface area contributed by atoms with Gasteiger partial charge in [-0.3, -0.25) is 4.79 Å². The molecule has 0 aliphatic heterocycles. The van der Waals surface area contributed by atoms with Gasteiger partial charge in [-0.2, -0.15) is 5.26 Å². The van der Waals surface area contributed by atoms with Crippen LogP contribution in [0.1, 0.15) is 46.0 Å². The summed E-state index contributed by atoms with van der Waals surface area (Å²) in [5, 5.41) is 9.27. The standard InChI is InChI=1S/C12H19NO2/c1-3-15-11(14)8-12(9-13)7-5-4-6-10(12)2/h10H,3-8H2,1-2H3/t10-,12-/m0/s1. The zero-order valence-corrected chi connectivity index (χ0v) is 9.58. The Balaban J connectivity index is 2.67. The highest BCUT2D eigenvalue weighted by Gasteiger charge is 2.40. The van der Waals surface area contributed by atoms with E-state index in [2.05, 4.69) is 13.0 Å². The van der Waals surface area contributed by atoms with Crippen molar-refractivity contribution in [2.75, 3.05) is 6.61 Å². The summed E-state index contributed by atoms with van der Waals surface area (Å²) in [6.07, 6.45) is 4.37. The molecular formula is C12H19NO2. The molecule has 0 amide bonds. The number of hydrogen-bond donors (Lipinski definition) is 0. The summed E-state index contributed by atoms with van der Waals surface area (Å²) < 4.78 is 4.93. The van der Waals surface area contributed by atoms with Gasteiger partial charge in [0.15, 0.2) is 0 Å². The van der Waals surface area contributed by atoms with Crippen LogP contribution in [0.25, 0.3) is 0 Å². The van der Waals surface area contributed by atoms with Gasteiger partial charge in [-0.1, -0.05) is 19.8 Å². The van der Waals surface area contributed by atoms with Crippen molar-refractivity contribution in [3.8, 4) is 6.07 Å². The molecule has 1 fully saturated rings. The molecule has 0 heterocycles. The van der Waals surface area contributed by atoms with Crippen molar-refractivity contribution < 1.29 is 9.53 Å². The van der Waals surface area contributed by atoms with E-state index in [1.54, 1.807) is 6.92 Å². The molecule has 0 aromatic carbocycles. The van der Waals surface area contributed by atoms with E-state index >= 15 is 0 Å². The van der Waals surface area contributed by atoms with E-state index in [1.165, 1.54) is 6.42 Å². The summed E-state index contributed by atoms with van der Waals surface area (Å²) in [6.45, 7) is 4.26. The normalized spacial score (nSPS) is 30.6. The summed E-state index contributed by atoms with van der Waals surface area (Å²) in [5.41, 5.74) is -0.468. The molecule has 0 aromatic rings. The van der Waals surface area contributed by atoms with E-state index < -0.39 is 5.41 Å².